The quantitative estimate of drug-likeness (QED) is 0.506. The van der Waals surface area contributed by atoms with E-state index in [0.29, 0.717) is 5.56 Å². The molecule has 7 heteroatoms. The van der Waals surface area contributed by atoms with Gasteiger partial charge in [-0.05, 0) is 28.5 Å². The number of benzene rings is 1. The van der Waals surface area contributed by atoms with Crippen molar-refractivity contribution in [3.63, 3.8) is 0 Å². The minimum atomic E-state index is -0.895. The largest absolute Gasteiger partial charge is 0.369 e. The minimum Gasteiger partial charge on any atom is -0.369 e. The molecule has 2 N–H and O–H groups in total. The Bertz CT molecular complexity index is 711. The van der Waals surface area contributed by atoms with Crippen LogP contribution < -0.4 is 5.73 Å². The maximum absolute atomic E-state index is 12.2. The van der Waals surface area contributed by atoms with Gasteiger partial charge in [0.05, 0.1) is 10.4 Å². The van der Waals surface area contributed by atoms with Crippen molar-refractivity contribution in [3.05, 3.63) is 44.5 Å². The first-order valence-corrected chi connectivity index (χ1v) is 7.54. The smallest absolute Gasteiger partial charge is 0.265 e. The first-order chi connectivity index (χ1) is 10.4. The number of ketones is 1. The van der Waals surface area contributed by atoms with E-state index in [-0.39, 0.29) is 21.4 Å². The highest BCUT2D eigenvalue weighted by Crippen LogP contribution is 2.77. The van der Waals surface area contributed by atoms with Gasteiger partial charge in [0.1, 0.15) is 0 Å². The first-order valence-electron chi connectivity index (χ1n) is 7.16. The van der Waals surface area contributed by atoms with Crippen LogP contribution in [0.4, 0.5) is 0 Å². The van der Waals surface area contributed by atoms with Crippen molar-refractivity contribution in [2.24, 2.45) is 16.6 Å². The fourth-order valence-corrected chi connectivity index (χ4v) is 4.26. The maximum atomic E-state index is 12.2. The number of carbonyl (C=O) groups is 2. The summed E-state index contributed by atoms with van der Waals surface area (Å²) in [7, 11) is 0. The summed E-state index contributed by atoms with van der Waals surface area (Å²) in [6.07, 6.45) is 0. The Morgan fingerprint density at radius 1 is 1.22 bits per heavy atom. The van der Waals surface area contributed by atoms with Crippen LogP contribution in [-0.2, 0) is 10.2 Å². The van der Waals surface area contributed by atoms with Crippen molar-refractivity contribution in [3.8, 4) is 0 Å². The van der Waals surface area contributed by atoms with E-state index in [0.717, 1.165) is 0 Å². The number of carbonyl (C=O) groups excluding carboxylic acids is 2. The van der Waals surface area contributed by atoms with Crippen molar-refractivity contribution >= 4 is 23.3 Å². The van der Waals surface area contributed by atoms with Crippen molar-refractivity contribution < 1.29 is 14.5 Å². The van der Waals surface area contributed by atoms with Gasteiger partial charge >= 0.3 is 0 Å². The molecule has 1 aliphatic carbocycles. The number of Topliss-reactive ketones (excluding diaryl/α,β-unsaturated/α-hetero) is 1. The standard InChI is InChI=1S/C16H19ClN2O4/c1-14(2)15(3,4)16(14,13(18)21)9-5-6-10(11(17)7-9)12(20)8-19(22)23/h5-7H,8H2,1-4H3,(H2,18,21). The average Bonchev–Trinajstić information content (AvgIpc) is 2.74. The topological polar surface area (TPSA) is 103 Å². The number of amides is 1. The molecule has 0 unspecified atom stereocenters. The monoisotopic (exact) mass is 338 g/mol. The van der Waals surface area contributed by atoms with E-state index >= 15 is 0 Å². The number of nitrogens with two attached hydrogens (primary N) is 1. The van der Waals surface area contributed by atoms with Gasteiger partial charge in [0.15, 0.2) is 0 Å². The number of nitrogens with zero attached hydrogens (tertiary/aromatic N) is 1. The van der Waals surface area contributed by atoms with Gasteiger partial charge in [-0.15, -0.1) is 0 Å². The molecule has 1 aliphatic rings. The molecule has 23 heavy (non-hydrogen) atoms. The van der Waals surface area contributed by atoms with Crippen molar-refractivity contribution in [2.75, 3.05) is 6.54 Å². The normalized spacial score (nSPS) is 19.9. The predicted octanol–water partition coefficient (Wildman–Crippen LogP) is 2.59. The number of hydrogen-bond acceptors (Lipinski definition) is 4. The minimum absolute atomic E-state index is 0.0722. The third kappa shape index (κ3) is 2.08. The van der Waals surface area contributed by atoms with Crippen LogP contribution in [0.15, 0.2) is 18.2 Å². The number of halogens is 1. The molecule has 0 radical (unpaired) electrons. The third-order valence-corrected chi connectivity index (χ3v) is 6.03. The van der Waals surface area contributed by atoms with Crippen LogP contribution >= 0.6 is 11.6 Å². The van der Waals surface area contributed by atoms with Gasteiger partial charge in [-0.2, -0.15) is 0 Å². The summed E-state index contributed by atoms with van der Waals surface area (Å²) in [6, 6.07) is 4.56. The Labute approximate surface area is 139 Å². The second kappa shape index (κ2) is 5.03. The fraction of sp³-hybridized carbons (Fsp3) is 0.500. The molecule has 0 aromatic heterocycles. The van der Waals surface area contributed by atoms with Gasteiger partial charge in [0.25, 0.3) is 6.54 Å². The van der Waals surface area contributed by atoms with Gasteiger partial charge in [-0.25, -0.2) is 0 Å². The molecule has 0 spiro atoms. The number of nitro groups is 1. The first kappa shape index (κ1) is 17.4. The zero-order valence-electron chi connectivity index (χ0n) is 13.5. The van der Waals surface area contributed by atoms with Gasteiger partial charge < -0.3 is 5.73 Å². The Morgan fingerprint density at radius 3 is 2.09 bits per heavy atom. The van der Waals surface area contributed by atoms with Gasteiger partial charge in [-0.1, -0.05) is 45.4 Å². The molecule has 0 heterocycles. The Kier molecular flexibility index (Phi) is 3.80. The molecule has 0 bridgehead atoms. The molecular weight excluding hydrogens is 320 g/mol. The fourth-order valence-electron chi connectivity index (χ4n) is 3.97. The highest BCUT2D eigenvalue weighted by Gasteiger charge is 2.81. The lowest BCUT2D eigenvalue weighted by atomic mass is 9.84. The zero-order valence-corrected chi connectivity index (χ0v) is 14.2. The van der Waals surface area contributed by atoms with Crippen LogP contribution in [0.5, 0.6) is 0 Å². The second-order valence-electron chi connectivity index (χ2n) is 6.97. The molecule has 124 valence electrons. The lowest BCUT2D eigenvalue weighted by molar-refractivity contribution is -0.465. The summed E-state index contributed by atoms with van der Waals surface area (Å²) in [5.74, 6) is -1.12. The summed E-state index contributed by atoms with van der Waals surface area (Å²) in [5, 5.41) is 10.6. The summed E-state index contributed by atoms with van der Waals surface area (Å²) < 4.78 is 0. The SMILES string of the molecule is CC1(C)C(C)(C)C1(C(N)=O)c1ccc(C(=O)C[N+](=O)[O-])c(Cl)c1. The second-order valence-corrected chi connectivity index (χ2v) is 7.38. The van der Waals surface area contributed by atoms with E-state index in [1.807, 2.05) is 27.7 Å². The van der Waals surface area contributed by atoms with Crippen molar-refractivity contribution in [1.29, 1.82) is 0 Å². The zero-order chi connectivity index (χ0) is 17.8. The van der Waals surface area contributed by atoms with Crippen LogP contribution in [0, 0.1) is 20.9 Å². The number of hydrogen-bond donors (Lipinski definition) is 1. The van der Waals surface area contributed by atoms with E-state index in [1.165, 1.54) is 12.1 Å². The lowest BCUT2D eigenvalue weighted by Gasteiger charge is -2.19. The summed E-state index contributed by atoms with van der Waals surface area (Å²) >= 11 is 6.14. The van der Waals surface area contributed by atoms with Crippen LogP contribution in [0.2, 0.25) is 5.02 Å². The van der Waals surface area contributed by atoms with Crippen molar-refractivity contribution in [1.82, 2.24) is 0 Å². The van der Waals surface area contributed by atoms with Crippen LogP contribution in [0.3, 0.4) is 0 Å². The molecule has 1 saturated carbocycles. The lowest BCUT2D eigenvalue weighted by Crippen LogP contribution is -2.35. The number of primary amides is 1. The summed E-state index contributed by atoms with van der Waals surface area (Å²) in [4.78, 5) is 33.8. The maximum Gasteiger partial charge on any atom is 0.265 e. The Balaban J connectivity index is 2.51. The third-order valence-electron chi connectivity index (χ3n) is 5.72. The average molecular weight is 339 g/mol. The molecular formula is C16H19ClN2O4. The van der Waals surface area contributed by atoms with E-state index in [4.69, 9.17) is 17.3 Å². The highest BCUT2D eigenvalue weighted by molar-refractivity contribution is 6.34. The van der Waals surface area contributed by atoms with E-state index < -0.39 is 28.6 Å². The van der Waals surface area contributed by atoms with Crippen LogP contribution in [0.1, 0.15) is 43.6 Å². The Morgan fingerprint density at radius 2 is 1.74 bits per heavy atom. The predicted molar refractivity (Wildman–Crippen MR) is 86.1 cm³/mol. The molecule has 1 aromatic rings. The molecule has 6 nitrogen and oxygen atoms in total. The Hall–Kier alpha value is -1.95. The van der Waals surface area contributed by atoms with Gasteiger partial charge in [-0.3, -0.25) is 19.7 Å². The molecule has 0 saturated heterocycles. The summed E-state index contributed by atoms with van der Waals surface area (Å²) in [5.41, 5.74) is 4.75. The highest BCUT2D eigenvalue weighted by atomic mass is 35.5. The van der Waals surface area contributed by atoms with Crippen molar-refractivity contribution in [2.45, 2.75) is 33.1 Å². The van der Waals surface area contributed by atoms with Gasteiger partial charge in [0, 0.05) is 10.5 Å². The molecule has 1 fully saturated rings. The van der Waals surface area contributed by atoms with E-state index in [1.54, 1.807) is 6.07 Å². The van der Waals surface area contributed by atoms with Crippen LogP contribution in [0.25, 0.3) is 0 Å². The van der Waals surface area contributed by atoms with Crippen LogP contribution in [-0.4, -0.2) is 23.2 Å². The van der Waals surface area contributed by atoms with E-state index in [9.17, 15) is 19.7 Å². The number of rotatable bonds is 5. The molecule has 0 aliphatic heterocycles. The molecule has 1 amide bonds. The molecule has 1 aromatic carbocycles. The summed E-state index contributed by atoms with van der Waals surface area (Å²) in [6.45, 7) is 7.00. The van der Waals surface area contributed by atoms with E-state index in [2.05, 4.69) is 0 Å². The molecule has 2 rings (SSSR count). The van der Waals surface area contributed by atoms with Gasteiger partial charge in [0.2, 0.25) is 11.7 Å². The molecule has 0 atom stereocenters.